The molecule has 3 heterocycles. The monoisotopic (exact) mass is 371 g/mol. The SMILES string of the molecule is COc1cc(C2C3=C(COC3=O)Nc3cc4c(cc32)OCO4)ccc1Cl. The van der Waals surface area contributed by atoms with Crippen LogP contribution in [0.5, 0.6) is 17.2 Å². The zero-order valence-electron chi connectivity index (χ0n) is 13.8. The summed E-state index contributed by atoms with van der Waals surface area (Å²) in [6.07, 6.45) is 0. The van der Waals surface area contributed by atoms with Gasteiger partial charge < -0.3 is 24.3 Å². The molecule has 0 fully saturated rings. The Hall–Kier alpha value is -2.86. The second-order valence-electron chi connectivity index (χ2n) is 6.21. The predicted octanol–water partition coefficient (Wildman–Crippen LogP) is 3.45. The maximum Gasteiger partial charge on any atom is 0.337 e. The van der Waals surface area contributed by atoms with Gasteiger partial charge in [-0.2, -0.15) is 0 Å². The van der Waals surface area contributed by atoms with Crippen LogP contribution in [0.25, 0.3) is 0 Å². The Balaban J connectivity index is 1.73. The Morgan fingerprint density at radius 2 is 1.96 bits per heavy atom. The summed E-state index contributed by atoms with van der Waals surface area (Å²) >= 11 is 6.17. The number of carbonyl (C=O) groups is 1. The molecular formula is C19H14ClNO5. The first-order valence-corrected chi connectivity index (χ1v) is 8.47. The molecule has 7 heteroatoms. The zero-order valence-corrected chi connectivity index (χ0v) is 14.6. The minimum Gasteiger partial charge on any atom is -0.495 e. The van der Waals surface area contributed by atoms with Crippen LogP contribution in [0.1, 0.15) is 17.0 Å². The Morgan fingerprint density at radius 3 is 2.77 bits per heavy atom. The molecule has 0 aromatic heterocycles. The normalized spacial score (nSPS) is 19.6. The molecule has 0 radical (unpaired) electrons. The summed E-state index contributed by atoms with van der Waals surface area (Å²) in [6, 6.07) is 9.31. The molecule has 6 nitrogen and oxygen atoms in total. The fourth-order valence-corrected chi connectivity index (χ4v) is 3.83. The average Bonchev–Trinajstić information content (AvgIpc) is 3.25. The molecule has 1 atom stereocenters. The van der Waals surface area contributed by atoms with E-state index < -0.39 is 0 Å². The number of cyclic esters (lactones) is 1. The van der Waals surface area contributed by atoms with Gasteiger partial charge in [0.15, 0.2) is 11.5 Å². The second kappa shape index (κ2) is 5.57. The van der Waals surface area contributed by atoms with Crippen molar-refractivity contribution in [2.45, 2.75) is 5.92 Å². The molecule has 2 aromatic carbocycles. The highest BCUT2D eigenvalue weighted by Gasteiger charge is 2.39. The summed E-state index contributed by atoms with van der Waals surface area (Å²) < 4.78 is 21.6. The third kappa shape index (κ3) is 2.15. The lowest BCUT2D eigenvalue weighted by molar-refractivity contribution is -0.136. The van der Waals surface area contributed by atoms with E-state index in [0.29, 0.717) is 27.8 Å². The fourth-order valence-electron chi connectivity index (χ4n) is 3.64. The van der Waals surface area contributed by atoms with Gasteiger partial charge in [-0.05, 0) is 29.3 Å². The van der Waals surface area contributed by atoms with Crippen molar-refractivity contribution < 1.29 is 23.7 Å². The number of benzene rings is 2. The fraction of sp³-hybridized carbons (Fsp3) is 0.211. The molecule has 0 bridgehead atoms. The van der Waals surface area contributed by atoms with Crippen LogP contribution in [-0.4, -0.2) is 26.5 Å². The van der Waals surface area contributed by atoms with Gasteiger partial charge in [-0.3, -0.25) is 0 Å². The molecule has 0 saturated heterocycles. The number of halogens is 1. The largest absolute Gasteiger partial charge is 0.495 e. The molecule has 132 valence electrons. The van der Waals surface area contributed by atoms with Gasteiger partial charge in [0.2, 0.25) is 6.79 Å². The molecule has 3 aliphatic heterocycles. The summed E-state index contributed by atoms with van der Waals surface area (Å²) in [5.41, 5.74) is 4.03. The number of hydrogen-bond donors (Lipinski definition) is 1. The zero-order chi connectivity index (χ0) is 17.8. The second-order valence-corrected chi connectivity index (χ2v) is 6.62. The van der Waals surface area contributed by atoms with Crippen molar-refractivity contribution in [1.82, 2.24) is 0 Å². The van der Waals surface area contributed by atoms with Crippen molar-refractivity contribution in [2.24, 2.45) is 0 Å². The van der Waals surface area contributed by atoms with E-state index in [2.05, 4.69) is 5.32 Å². The standard InChI is InChI=1S/C19H14ClNO5/c1-23-14-4-9(2-3-11(14)20)17-10-5-15-16(26-8-25-15)6-12(10)21-13-7-24-19(22)18(13)17/h2-6,17,21H,7-8H2,1H3. The number of carbonyl (C=O) groups excluding carboxylic acids is 1. The molecule has 0 spiro atoms. The number of methoxy groups -OCH3 is 1. The minimum atomic E-state index is -0.324. The van der Waals surface area contributed by atoms with Gasteiger partial charge in [0.1, 0.15) is 12.4 Å². The van der Waals surface area contributed by atoms with Crippen LogP contribution in [0.15, 0.2) is 41.6 Å². The molecule has 0 saturated carbocycles. The van der Waals surface area contributed by atoms with E-state index in [1.54, 1.807) is 13.2 Å². The molecule has 0 aliphatic carbocycles. The van der Waals surface area contributed by atoms with E-state index in [0.717, 1.165) is 22.5 Å². The lowest BCUT2D eigenvalue weighted by Gasteiger charge is -2.27. The molecule has 2 aromatic rings. The highest BCUT2D eigenvalue weighted by Crippen LogP contribution is 2.49. The first kappa shape index (κ1) is 15.4. The van der Waals surface area contributed by atoms with Crippen LogP contribution in [-0.2, 0) is 9.53 Å². The van der Waals surface area contributed by atoms with Crippen LogP contribution in [0.4, 0.5) is 5.69 Å². The number of fused-ring (bicyclic) bond motifs is 2. The van der Waals surface area contributed by atoms with Crippen molar-refractivity contribution >= 4 is 23.3 Å². The van der Waals surface area contributed by atoms with E-state index in [1.807, 2.05) is 24.3 Å². The summed E-state index contributed by atoms with van der Waals surface area (Å²) in [4.78, 5) is 12.4. The first-order chi connectivity index (χ1) is 12.7. The summed E-state index contributed by atoms with van der Waals surface area (Å²) in [5, 5.41) is 3.81. The van der Waals surface area contributed by atoms with Crippen molar-refractivity contribution in [2.75, 3.05) is 25.8 Å². The van der Waals surface area contributed by atoms with Crippen molar-refractivity contribution in [3.05, 3.63) is 57.8 Å². The summed E-state index contributed by atoms with van der Waals surface area (Å²) in [5.74, 6) is 1.26. The van der Waals surface area contributed by atoms with Gasteiger partial charge >= 0.3 is 5.97 Å². The van der Waals surface area contributed by atoms with Gasteiger partial charge in [0.25, 0.3) is 0 Å². The van der Waals surface area contributed by atoms with Crippen LogP contribution in [0, 0.1) is 0 Å². The quantitative estimate of drug-likeness (QED) is 0.816. The molecule has 26 heavy (non-hydrogen) atoms. The van der Waals surface area contributed by atoms with Crippen molar-refractivity contribution in [3.63, 3.8) is 0 Å². The van der Waals surface area contributed by atoms with E-state index in [1.165, 1.54) is 0 Å². The first-order valence-electron chi connectivity index (χ1n) is 8.10. The van der Waals surface area contributed by atoms with Crippen LogP contribution >= 0.6 is 11.6 Å². The Kier molecular flexibility index (Phi) is 3.30. The van der Waals surface area contributed by atoms with E-state index in [-0.39, 0.29) is 25.3 Å². The van der Waals surface area contributed by atoms with Gasteiger partial charge in [-0.15, -0.1) is 0 Å². The molecule has 1 N–H and O–H groups in total. The maximum absolute atomic E-state index is 12.4. The van der Waals surface area contributed by atoms with E-state index >= 15 is 0 Å². The third-order valence-corrected chi connectivity index (χ3v) is 5.14. The van der Waals surface area contributed by atoms with Crippen LogP contribution in [0.2, 0.25) is 5.02 Å². The number of rotatable bonds is 2. The minimum absolute atomic E-state index is 0.187. The Labute approximate surface area is 154 Å². The van der Waals surface area contributed by atoms with Crippen molar-refractivity contribution in [3.8, 4) is 17.2 Å². The van der Waals surface area contributed by atoms with E-state index in [9.17, 15) is 4.79 Å². The number of anilines is 1. The van der Waals surface area contributed by atoms with Crippen LogP contribution < -0.4 is 19.5 Å². The Bertz CT molecular complexity index is 984. The van der Waals surface area contributed by atoms with Crippen LogP contribution in [0.3, 0.4) is 0 Å². The highest BCUT2D eigenvalue weighted by atomic mass is 35.5. The molecule has 1 unspecified atom stereocenters. The smallest absolute Gasteiger partial charge is 0.337 e. The highest BCUT2D eigenvalue weighted by molar-refractivity contribution is 6.32. The maximum atomic E-state index is 12.4. The molecular weight excluding hydrogens is 358 g/mol. The number of esters is 1. The molecule has 5 rings (SSSR count). The molecule has 0 amide bonds. The van der Waals surface area contributed by atoms with Crippen molar-refractivity contribution in [1.29, 1.82) is 0 Å². The van der Waals surface area contributed by atoms with Gasteiger partial charge in [0.05, 0.1) is 23.4 Å². The Morgan fingerprint density at radius 1 is 1.15 bits per heavy atom. The topological polar surface area (TPSA) is 66.0 Å². The number of hydrogen-bond acceptors (Lipinski definition) is 6. The van der Waals surface area contributed by atoms with E-state index in [4.69, 9.17) is 30.5 Å². The van der Waals surface area contributed by atoms with Gasteiger partial charge in [0, 0.05) is 17.7 Å². The lowest BCUT2D eigenvalue weighted by Crippen LogP contribution is -2.19. The van der Waals surface area contributed by atoms with Gasteiger partial charge in [-0.1, -0.05) is 17.7 Å². The number of ether oxygens (including phenoxy) is 4. The molecule has 3 aliphatic rings. The van der Waals surface area contributed by atoms with Gasteiger partial charge in [-0.25, -0.2) is 4.79 Å². The summed E-state index contributed by atoms with van der Waals surface area (Å²) in [7, 11) is 1.56. The third-order valence-electron chi connectivity index (χ3n) is 4.83. The lowest BCUT2D eigenvalue weighted by atomic mass is 9.81. The number of nitrogens with one attached hydrogen (secondary N) is 1. The summed E-state index contributed by atoms with van der Waals surface area (Å²) in [6.45, 7) is 0.413. The predicted molar refractivity (Wildman–Crippen MR) is 94.0 cm³/mol. The average molecular weight is 372 g/mol.